The third-order valence-corrected chi connectivity index (χ3v) is 5.60. The van der Waals surface area contributed by atoms with Crippen molar-refractivity contribution >= 4 is 17.9 Å². The molecule has 2 aromatic heterocycles. The average Bonchev–Trinajstić information content (AvgIpc) is 3.53. The molecule has 0 amide bonds. The molecule has 4 rings (SSSR count). The lowest BCUT2D eigenvalue weighted by Crippen LogP contribution is -2.33. The Balaban J connectivity index is 0.000000396. The molecule has 1 spiro atoms. The van der Waals surface area contributed by atoms with Crippen molar-refractivity contribution in [2.45, 2.75) is 56.2 Å². The Morgan fingerprint density at radius 1 is 0.822 bits per heavy atom. The van der Waals surface area contributed by atoms with Gasteiger partial charge in [-0.1, -0.05) is 12.1 Å². The van der Waals surface area contributed by atoms with Crippen LogP contribution in [0.1, 0.15) is 24.2 Å². The predicted molar refractivity (Wildman–Crippen MR) is 131 cm³/mol. The first-order valence-corrected chi connectivity index (χ1v) is 12.3. The summed E-state index contributed by atoms with van der Waals surface area (Å²) in [6.45, 7) is 4.16. The van der Waals surface area contributed by atoms with E-state index in [1.807, 2.05) is 36.5 Å². The number of likely N-dealkylation sites (tertiary alicyclic amines) is 1. The van der Waals surface area contributed by atoms with Crippen LogP contribution in [0.15, 0.2) is 48.8 Å². The summed E-state index contributed by atoms with van der Waals surface area (Å²) in [7, 11) is 0. The second-order valence-electron chi connectivity index (χ2n) is 9.14. The number of carboxylic acid groups (broad SMARTS) is 3. The highest BCUT2D eigenvalue weighted by Crippen LogP contribution is 2.36. The third kappa shape index (κ3) is 15.5. The van der Waals surface area contributed by atoms with Gasteiger partial charge in [0.15, 0.2) is 0 Å². The van der Waals surface area contributed by atoms with E-state index in [1.54, 1.807) is 6.20 Å². The summed E-state index contributed by atoms with van der Waals surface area (Å²) >= 11 is 0. The van der Waals surface area contributed by atoms with E-state index in [4.69, 9.17) is 39.2 Å². The van der Waals surface area contributed by atoms with E-state index in [0.717, 1.165) is 43.9 Å². The molecular formula is C25H26F9N3O8. The zero-order valence-electron chi connectivity index (χ0n) is 22.8. The molecule has 252 valence electrons. The van der Waals surface area contributed by atoms with Crippen LogP contribution in [0.3, 0.4) is 0 Å². The molecule has 0 unspecified atom stereocenters. The Hall–Kier alpha value is -4.04. The van der Waals surface area contributed by atoms with E-state index in [-0.39, 0.29) is 11.7 Å². The maximum Gasteiger partial charge on any atom is 0.490 e. The van der Waals surface area contributed by atoms with Gasteiger partial charge in [-0.2, -0.15) is 39.5 Å². The van der Waals surface area contributed by atoms with Gasteiger partial charge < -0.3 is 24.8 Å². The fraction of sp³-hybridized carbons (Fsp3) is 0.480. The van der Waals surface area contributed by atoms with Gasteiger partial charge in [0.25, 0.3) is 0 Å². The molecule has 2 aromatic rings. The second-order valence-corrected chi connectivity index (χ2v) is 9.14. The van der Waals surface area contributed by atoms with Crippen LogP contribution in [0.5, 0.6) is 0 Å². The average molecular weight is 667 g/mol. The number of hydrogen-bond acceptors (Lipinski definition) is 8. The summed E-state index contributed by atoms with van der Waals surface area (Å²) < 4.78 is 107. The van der Waals surface area contributed by atoms with Crippen molar-refractivity contribution < 1.29 is 78.7 Å². The van der Waals surface area contributed by atoms with Gasteiger partial charge in [-0.25, -0.2) is 14.4 Å². The number of aliphatic carboxylic acids is 3. The highest BCUT2D eigenvalue weighted by molar-refractivity contribution is 5.73. The zero-order chi connectivity index (χ0) is 34.5. The number of halogens is 9. The number of nitrogens with zero attached hydrogens (tertiary/aromatic N) is 3. The second kappa shape index (κ2) is 16.9. The maximum absolute atomic E-state index is 10.6. The first-order chi connectivity index (χ1) is 20.6. The number of alkyl halides is 9. The van der Waals surface area contributed by atoms with Crippen molar-refractivity contribution in [1.82, 2.24) is 14.9 Å². The first-order valence-electron chi connectivity index (χ1n) is 12.3. The molecule has 20 heteroatoms. The van der Waals surface area contributed by atoms with Crippen LogP contribution in [-0.4, -0.2) is 98.0 Å². The molecule has 2 atom stereocenters. The van der Waals surface area contributed by atoms with Crippen LogP contribution >= 0.6 is 0 Å². The van der Waals surface area contributed by atoms with Gasteiger partial charge >= 0.3 is 36.4 Å². The van der Waals surface area contributed by atoms with Crippen LogP contribution in [-0.2, 0) is 37.0 Å². The van der Waals surface area contributed by atoms with Crippen molar-refractivity contribution in [3.8, 4) is 0 Å². The van der Waals surface area contributed by atoms with Gasteiger partial charge in [0, 0.05) is 38.4 Å². The Morgan fingerprint density at radius 2 is 1.27 bits per heavy atom. The fourth-order valence-corrected chi connectivity index (χ4v) is 3.66. The molecule has 2 fully saturated rings. The molecule has 3 N–H and O–H groups in total. The molecule has 0 aliphatic carbocycles. The lowest BCUT2D eigenvalue weighted by molar-refractivity contribution is -0.193. The smallest absolute Gasteiger partial charge is 0.475 e. The molecule has 11 nitrogen and oxygen atoms in total. The number of aromatic nitrogens is 2. The SMILES string of the molecule is O=C(O)C(F)(F)F.O=C(O)C(F)(F)F.O=C(O)C(F)(F)F.c1ccc(CO[C@H]2CO[C@@]3(CCN(Cc4ccccn4)C3)C2)nc1. The van der Waals surface area contributed by atoms with Crippen molar-refractivity contribution in [1.29, 1.82) is 0 Å². The van der Waals surface area contributed by atoms with Gasteiger partial charge in [0.05, 0.1) is 36.3 Å². The Bertz CT molecular complexity index is 1160. The topological polar surface area (TPSA) is 159 Å². The quantitative estimate of drug-likeness (QED) is 0.390. The van der Waals surface area contributed by atoms with Crippen LogP contribution in [0.2, 0.25) is 0 Å². The van der Waals surface area contributed by atoms with E-state index in [0.29, 0.717) is 13.2 Å². The predicted octanol–water partition coefficient (Wildman–Crippen LogP) is 4.33. The fourth-order valence-electron chi connectivity index (χ4n) is 3.66. The van der Waals surface area contributed by atoms with Crippen molar-refractivity contribution in [3.63, 3.8) is 0 Å². The summed E-state index contributed by atoms with van der Waals surface area (Å²) in [5.74, 6) is -8.27. The minimum atomic E-state index is -5.08. The summed E-state index contributed by atoms with van der Waals surface area (Å²) in [6, 6.07) is 12.0. The minimum absolute atomic E-state index is 0.0381. The Labute approximate surface area is 248 Å². The van der Waals surface area contributed by atoms with E-state index < -0.39 is 36.4 Å². The summed E-state index contributed by atoms with van der Waals surface area (Å²) in [5, 5.41) is 21.4. The summed E-state index contributed by atoms with van der Waals surface area (Å²) in [5.41, 5.74) is 2.06. The zero-order valence-corrected chi connectivity index (χ0v) is 22.8. The minimum Gasteiger partial charge on any atom is -0.475 e. The maximum atomic E-state index is 10.6. The normalized spacial score (nSPS) is 19.7. The number of ether oxygens (including phenoxy) is 2. The molecule has 2 aliphatic rings. The number of hydrogen-bond donors (Lipinski definition) is 3. The van der Waals surface area contributed by atoms with Crippen LogP contribution < -0.4 is 0 Å². The molecule has 4 heterocycles. The van der Waals surface area contributed by atoms with Gasteiger partial charge in [0.2, 0.25) is 0 Å². The first kappa shape index (κ1) is 39.0. The van der Waals surface area contributed by atoms with E-state index >= 15 is 0 Å². The lowest BCUT2D eigenvalue weighted by atomic mass is 9.98. The number of carbonyl (C=O) groups is 3. The molecule has 0 bridgehead atoms. The van der Waals surface area contributed by atoms with Gasteiger partial charge in [-0.15, -0.1) is 0 Å². The number of rotatable bonds is 5. The van der Waals surface area contributed by atoms with Gasteiger partial charge in [0.1, 0.15) is 0 Å². The number of pyridine rings is 2. The summed E-state index contributed by atoms with van der Waals surface area (Å²) in [4.78, 5) is 37.8. The highest BCUT2D eigenvalue weighted by atomic mass is 19.4. The Kier molecular flexibility index (Phi) is 14.6. The lowest BCUT2D eigenvalue weighted by Gasteiger charge is -2.23. The molecule has 0 aromatic carbocycles. The van der Waals surface area contributed by atoms with Crippen LogP contribution in [0.25, 0.3) is 0 Å². The molecule has 0 radical (unpaired) electrons. The molecule has 2 aliphatic heterocycles. The van der Waals surface area contributed by atoms with Crippen LogP contribution in [0.4, 0.5) is 39.5 Å². The van der Waals surface area contributed by atoms with E-state index in [9.17, 15) is 39.5 Å². The largest absolute Gasteiger partial charge is 0.490 e. The van der Waals surface area contributed by atoms with Gasteiger partial charge in [-0.05, 0) is 30.7 Å². The highest BCUT2D eigenvalue weighted by Gasteiger charge is 2.46. The molecular weight excluding hydrogens is 641 g/mol. The van der Waals surface area contributed by atoms with E-state index in [1.165, 1.54) is 0 Å². The molecule has 0 saturated carbocycles. The summed E-state index contributed by atoms with van der Waals surface area (Å²) in [6.07, 6.45) is -9.38. The Morgan fingerprint density at radius 3 is 1.67 bits per heavy atom. The van der Waals surface area contributed by atoms with Crippen molar-refractivity contribution in [2.75, 3.05) is 19.7 Å². The molecule has 2 saturated heterocycles. The standard InChI is InChI=1S/C19H23N3O2.3C2HF3O2/c1-3-8-20-16(5-1)12-22-10-7-19(15-22)11-18(14-24-19)23-13-17-6-2-4-9-21-17;3*3-2(4,5)1(6)7/h1-6,8-9,18H,7,10-15H2;3*(H,6,7)/t18-,19+;;;/m1.../s1. The number of carboxylic acids is 3. The van der Waals surface area contributed by atoms with Crippen molar-refractivity contribution in [2.24, 2.45) is 0 Å². The molecule has 45 heavy (non-hydrogen) atoms. The van der Waals surface area contributed by atoms with Crippen molar-refractivity contribution in [3.05, 3.63) is 60.2 Å². The third-order valence-electron chi connectivity index (χ3n) is 5.60. The van der Waals surface area contributed by atoms with E-state index in [2.05, 4.69) is 20.9 Å². The van der Waals surface area contributed by atoms with Crippen LogP contribution in [0, 0.1) is 0 Å². The van der Waals surface area contributed by atoms with Gasteiger partial charge in [-0.3, -0.25) is 14.9 Å². The monoisotopic (exact) mass is 667 g/mol.